The predicted octanol–water partition coefficient (Wildman–Crippen LogP) is 1.59. The molecule has 0 atom stereocenters. The van der Waals surface area contributed by atoms with Crippen LogP contribution in [0.1, 0.15) is 35.3 Å². The van der Waals surface area contributed by atoms with E-state index in [1.54, 1.807) is 11.1 Å². The van der Waals surface area contributed by atoms with E-state index < -0.39 is 0 Å². The maximum atomic E-state index is 12.1. The van der Waals surface area contributed by atoms with E-state index in [2.05, 4.69) is 4.98 Å². The van der Waals surface area contributed by atoms with Crippen LogP contribution < -0.4 is 5.73 Å². The molecule has 1 amide bonds. The van der Waals surface area contributed by atoms with E-state index >= 15 is 0 Å². The summed E-state index contributed by atoms with van der Waals surface area (Å²) in [7, 11) is 1.82. The van der Waals surface area contributed by atoms with Crippen LogP contribution in [0.2, 0.25) is 0 Å². The second-order valence-electron chi connectivity index (χ2n) is 4.24. The maximum absolute atomic E-state index is 12.1. The fraction of sp³-hybridized carbons (Fsp3) is 0.538. The van der Waals surface area contributed by atoms with Gasteiger partial charge in [-0.3, -0.25) is 9.78 Å². The summed E-state index contributed by atoms with van der Waals surface area (Å²) in [4.78, 5) is 17.9. The molecular formula is C13H21N3O. The van der Waals surface area contributed by atoms with Crippen LogP contribution in [0.5, 0.6) is 0 Å². The lowest BCUT2D eigenvalue weighted by atomic mass is 10.2. The molecule has 0 aliphatic carbocycles. The molecule has 0 aromatic carbocycles. The van der Waals surface area contributed by atoms with Crippen LogP contribution in [-0.2, 0) is 0 Å². The molecule has 0 aliphatic rings. The van der Waals surface area contributed by atoms with Gasteiger partial charge in [0.15, 0.2) is 0 Å². The summed E-state index contributed by atoms with van der Waals surface area (Å²) < 4.78 is 0. The molecule has 17 heavy (non-hydrogen) atoms. The minimum absolute atomic E-state index is 0.00384. The van der Waals surface area contributed by atoms with Crippen molar-refractivity contribution in [3.63, 3.8) is 0 Å². The van der Waals surface area contributed by atoms with Gasteiger partial charge in [0.25, 0.3) is 5.91 Å². The highest BCUT2D eigenvalue weighted by Crippen LogP contribution is 2.07. The first-order valence-electron chi connectivity index (χ1n) is 6.04. The third kappa shape index (κ3) is 4.15. The van der Waals surface area contributed by atoms with Crippen LogP contribution in [-0.4, -0.2) is 35.9 Å². The molecule has 0 unspecified atom stereocenters. The Morgan fingerprint density at radius 1 is 1.41 bits per heavy atom. The monoisotopic (exact) mass is 235 g/mol. The minimum Gasteiger partial charge on any atom is -0.340 e. The standard InChI is InChI=1S/C13H21N3O/c1-11-7-6-9-15-12(11)13(17)16(2)10-5-3-4-8-14/h6-7,9H,3-5,8,10,14H2,1-2H3. The molecule has 0 bridgehead atoms. The number of carbonyl (C=O) groups excluding carboxylic acids is 1. The summed E-state index contributed by atoms with van der Waals surface area (Å²) in [6, 6.07) is 3.75. The first kappa shape index (κ1) is 13.6. The first-order valence-corrected chi connectivity index (χ1v) is 6.04. The number of nitrogens with two attached hydrogens (primary N) is 1. The predicted molar refractivity (Wildman–Crippen MR) is 68.8 cm³/mol. The van der Waals surface area contributed by atoms with Gasteiger partial charge in [-0.25, -0.2) is 0 Å². The summed E-state index contributed by atoms with van der Waals surface area (Å²) in [5.74, 6) is -0.00384. The summed E-state index contributed by atoms with van der Waals surface area (Å²) in [5.41, 5.74) is 6.90. The average molecular weight is 235 g/mol. The minimum atomic E-state index is -0.00384. The molecule has 0 saturated heterocycles. The highest BCUT2D eigenvalue weighted by molar-refractivity contribution is 5.93. The van der Waals surface area contributed by atoms with Gasteiger partial charge in [0, 0.05) is 19.8 Å². The third-order valence-corrected chi connectivity index (χ3v) is 2.76. The van der Waals surface area contributed by atoms with Crippen molar-refractivity contribution in [2.45, 2.75) is 26.2 Å². The van der Waals surface area contributed by atoms with E-state index in [0.717, 1.165) is 37.9 Å². The first-order chi connectivity index (χ1) is 8.16. The second kappa shape index (κ2) is 7.01. The van der Waals surface area contributed by atoms with Gasteiger partial charge in [0.2, 0.25) is 0 Å². The number of nitrogens with zero attached hydrogens (tertiary/aromatic N) is 2. The molecule has 1 aromatic heterocycles. The van der Waals surface area contributed by atoms with Crippen LogP contribution in [0.3, 0.4) is 0 Å². The largest absolute Gasteiger partial charge is 0.340 e. The van der Waals surface area contributed by atoms with Crippen LogP contribution >= 0.6 is 0 Å². The van der Waals surface area contributed by atoms with Gasteiger partial charge in [-0.05, 0) is 37.9 Å². The number of carbonyl (C=O) groups is 1. The highest BCUT2D eigenvalue weighted by atomic mass is 16.2. The lowest BCUT2D eigenvalue weighted by molar-refractivity contribution is 0.0786. The van der Waals surface area contributed by atoms with Crippen molar-refractivity contribution in [1.82, 2.24) is 9.88 Å². The summed E-state index contributed by atoms with van der Waals surface area (Å²) in [5, 5.41) is 0. The summed E-state index contributed by atoms with van der Waals surface area (Å²) in [6.45, 7) is 3.38. The number of aryl methyl sites for hydroxylation is 1. The number of pyridine rings is 1. The fourth-order valence-electron chi connectivity index (χ4n) is 1.66. The molecule has 0 spiro atoms. The number of hydrogen-bond donors (Lipinski definition) is 1. The Morgan fingerprint density at radius 3 is 2.82 bits per heavy atom. The zero-order valence-corrected chi connectivity index (χ0v) is 10.6. The lowest BCUT2D eigenvalue weighted by Crippen LogP contribution is -2.29. The SMILES string of the molecule is Cc1cccnc1C(=O)N(C)CCCCCN. The van der Waals surface area contributed by atoms with Crippen LogP contribution in [0, 0.1) is 6.92 Å². The summed E-state index contributed by atoms with van der Waals surface area (Å²) in [6.07, 6.45) is 4.73. The topological polar surface area (TPSA) is 59.2 Å². The molecule has 1 rings (SSSR count). The zero-order chi connectivity index (χ0) is 12.7. The molecule has 1 aromatic rings. The van der Waals surface area contributed by atoms with E-state index in [1.807, 2.05) is 26.1 Å². The van der Waals surface area contributed by atoms with E-state index in [-0.39, 0.29) is 5.91 Å². The number of aromatic nitrogens is 1. The zero-order valence-electron chi connectivity index (χ0n) is 10.6. The van der Waals surface area contributed by atoms with Crippen LogP contribution in [0.4, 0.5) is 0 Å². The Balaban J connectivity index is 2.49. The van der Waals surface area contributed by atoms with Gasteiger partial charge in [-0.2, -0.15) is 0 Å². The van der Waals surface area contributed by atoms with E-state index in [4.69, 9.17) is 5.73 Å². The molecule has 1 heterocycles. The quantitative estimate of drug-likeness (QED) is 0.762. The van der Waals surface area contributed by atoms with Crippen molar-refractivity contribution >= 4 is 5.91 Å². The van der Waals surface area contributed by atoms with Gasteiger partial charge >= 0.3 is 0 Å². The number of unbranched alkanes of at least 4 members (excludes halogenated alkanes) is 2. The van der Waals surface area contributed by atoms with E-state index in [9.17, 15) is 4.79 Å². The van der Waals surface area contributed by atoms with E-state index in [1.165, 1.54) is 0 Å². The molecular weight excluding hydrogens is 214 g/mol. The van der Waals surface area contributed by atoms with Gasteiger partial charge in [-0.1, -0.05) is 12.5 Å². The van der Waals surface area contributed by atoms with Crippen LogP contribution in [0.15, 0.2) is 18.3 Å². The molecule has 0 saturated carbocycles. The Kier molecular flexibility index (Phi) is 5.63. The normalized spacial score (nSPS) is 10.3. The Morgan fingerprint density at radius 2 is 2.18 bits per heavy atom. The molecule has 0 aliphatic heterocycles. The molecule has 94 valence electrons. The number of rotatable bonds is 6. The van der Waals surface area contributed by atoms with Crippen molar-refractivity contribution in [3.8, 4) is 0 Å². The van der Waals surface area contributed by atoms with Crippen molar-refractivity contribution in [2.75, 3.05) is 20.1 Å². The van der Waals surface area contributed by atoms with Crippen molar-refractivity contribution < 1.29 is 4.79 Å². The van der Waals surface area contributed by atoms with Gasteiger partial charge in [-0.15, -0.1) is 0 Å². The molecule has 4 heteroatoms. The lowest BCUT2D eigenvalue weighted by Gasteiger charge is -2.17. The molecule has 0 fully saturated rings. The van der Waals surface area contributed by atoms with Crippen molar-refractivity contribution in [2.24, 2.45) is 5.73 Å². The van der Waals surface area contributed by atoms with Crippen molar-refractivity contribution in [1.29, 1.82) is 0 Å². The fourth-order valence-corrected chi connectivity index (χ4v) is 1.66. The summed E-state index contributed by atoms with van der Waals surface area (Å²) >= 11 is 0. The maximum Gasteiger partial charge on any atom is 0.272 e. The third-order valence-electron chi connectivity index (χ3n) is 2.76. The van der Waals surface area contributed by atoms with Crippen LogP contribution in [0.25, 0.3) is 0 Å². The molecule has 0 radical (unpaired) electrons. The Hall–Kier alpha value is -1.42. The Bertz CT molecular complexity index is 365. The molecule has 4 nitrogen and oxygen atoms in total. The second-order valence-corrected chi connectivity index (χ2v) is 4.24. The number of hydrogen-bond acceptors (Lipinski definition) is 3. The van der Waals surface area contributed by atoms with E-state index in [0.29, 0.717) is 5.69 Å². The van der Waals surface area contributed by atoms with Gasteiger partial charge in [0.1, 0.15) is 5.69 Å². The Labute approximate surface area is 103 Å². The van der Waals surface area contributed by atoms with Crippen molar-refractivity contribution in [3.05, 3.63) is 29.6 Å². The van der Waals surface area contributed by atoms with Gasteiger partial charge < -0.3 is 10.6 Å². The van der Waals surface area contributed by atoms with Gasteiger partial charge in [0.05, 0.1) is 0 Å². The highest BCUT2D eigenvalue weighted by Gasteiger charge is 2.14. The average Bonchev–Trinajstić information content (AvgIpc) is 2.34. The number of amides is 1. The smallest absolute Gasteiger partial charge is 0.272 e. The molecule has 2 N–H and O–H groups in total.